The molecule has 4 heteroatoms. The molecule has 0 aliphatic carbocycles. The summed E-state index contributed by atoms with van der Waals surface area (Å²) in [4.78, 5) is 14.0. The third-order valence-electron chi connectivity index (χ3n) is 3.53. The number of likely N-dealkylation sites (tertiary alicyclic amines) is 1. The molecule has 1 saturated heterocycles. The van der Waals surface area contributed by atoms with Crippen LogP contribution in [0.15, 0.2) is 24.3 Å². The normalized spacial score (nSPS) is 23.9. The molecule has 0 saturated carbocycles. The van der Waals surface area contributed by atoms with Crippen molar-refractivity contribution >= 4 is 5.97 Å². The summed E-state index contributed by atoms with van der Waals surface area (Å²) in [5.74, 6) is 0.780. The average molecular weight is 249 g/mol. The van der Waals surface area contributed by atoms with Gasteiger partial charge in [-0.25, -0.2) is 0 Å². The fourth-order valence-electron chi connectivity index (χ4n) is 2.60. The zero-order valence-electron chi connectivity index (χ0n) is 11.1. The maximum Gasteiger partial charge on any atom is 0.310 e. The molecule has 2 rings (SSSR count). The molecular weight excluding hydrogens is 230 g/mol. The minimum absolute atomic E-state index is 0.0906. The maximum absolute atomic E-state index is 11.8. The van der Waals surface area contributed by atoms with Crippen LogP contribution in [0.3, 0.4) is 0 Å². The van der Waals surface area contributed by atoms with Crippen molar-refractivity contribution in [3.8, 4) is 5.75 Å². The number of carbonyl (C=O) groups excluding carboxylic acids is 1. The topological polar surface area (TPSA) is 38.8 Å². The molecule has 0 amide bonds. The van der Waals surface area contributed by atoms with Gasteiger partial charge in [-0.3, -0.25) is 4.79 Å². The van der Waals surface area contributed by atoms with Gasteiger partial charge in [0.25, 0.3) is 0 Å². The lowest BCUT2D eigenvalue weighted by Crippen LogP contribution is -2.23. The molecule has 1 fully saturated rings. The Balaban J connectivity index is 2.26. The predicted molar refractivity (Wildman–Crippen MR) is 68.7 cm³/mol. The van der Waals surface area contributed by atoms with Gasteiger partial charge in [0.1, 0.15) is 5.75 Å². The van der Waals surface area contributed by atoms with Crippen LogP contribution in [-0.4, -0.2) is 45.2 Å². The molecule has 18 heavy (non-hydrogen) atoms. The summed E-state index contributed by atoms with van der Waals surface area (Å²) in [6, 6.07) is 7.91. The van der Waals surface area contributed by atoms with Gasteiger partial charge in [-0.2, -0.15) is 0 Å². The number of hydrogen-bond acceptors (Lipinski definition) is 4. The van der Waals surface area contributed by atoms with Gasteiger partial charge in [0.05, 0.1) is 20.1 Å². The van der Waals surface area contributed by atoms with Crippen LogP contribution in [0.2, 0.25) is 0 Å². The molecule has 0 unspecified atom stereocenters. The summed E-state index contributed by atoms with van der Waals surface area (Å²) in [6.07, 6.45) is 0. The Morgan fingerprint density at radius 2 is 2.11 bits per heavy atom. The second-order valence-electron chi connectivity index (χ2n) is 4.73. The number of carbonyl (C=O) groups is 1. The van der Waals surface area contributed by atoms with Crippen LogP contribution < -0.4 is 4.74 Å². The van der Waals surface area contributed by atoms with Crippen molar-refractivity contribution < 1.29 is 14.3 Å². The number of benzene rings is 1. The van der Waals surface area contributed by atoms with E-state index in [0.717, 1.165) is 24.4 Å². The second kappa shape index (κ2) is 5.40. The number of esters is 1. The maximum atomic E-state index is 11.8. The lowest BCUT2D eigenvalue weighted by molar-refractivity contribution is -0.145. The molecule has 1 aliphatic rings. The minimum Gasteiger partial charge on any atom is -0.497 e. The summed E-state index contributed by atoms with van der Waals surface area (Å²) in [5.41, 5.74) is 1.13. The fourth-order valence-corrected chi connectivity index (χ4v) is 2.60. The van der Waals surface area contributed by atoms with Gasteiger partial charge in [0.15, 0.2) is 0 Å². The molecule has 4 nitrogen and oxygen atoms in total. The van der Waals surface area contributed by atoms with Crippen molar-refractivity contribution in [2.75, 3.05) is 34.4 Å². The van der Waals surface area contributed by atoms with Crippen molar-refractivity contribution in [2.24, 2.45) is 5.92 Å². The Morgan fingerprint density at radius 1 is 1.33 bits per heavy atom. The molecule has 0 N–H and O–H groups in total. The molecule has 98 valence electrons. The summed E-state index contributed by atoms with van der Waals surface area (Å²) >= 11 is 0. The van der Waals surface area contributed by atoms with Crippen LogP contribution in [0.1, 0.15) is 11.5 Å². The number of hydrogen-bond donors (Lipinski definition) is 0. The summed E-state index contributed by atoms with van der Waals surface area (Å²) in [6.45, 7) is 1.61. The molecule has 0 radical (unpaired) electrons. The number of rotatable bonds is 3. The molecule has 0 bridgehead atoms. The van der Waals surface area contributed by atoms with Crippen LogP contribution in [0.4, 0.5) is 0 Å². The van der Waals surface area contributed by atoms with E-state index in [2.05, 4.69) is 4.90 Å². The van der Waals surface area contributed by atoms with Crippen LogP contribution in [0.5, 0.6) is 5.75 Å². The first-order valence-corrected chi connectivity index (χ1v) is 6.06. The smallest absolute Gasteiger partial charge is 0.310 e. The van der Waals surface area contributed by atoms with Gasteiger partial charge in [-0.05, 0) is 24.7 Å². The number of nitrogens with zero attached hydrogens (tertiary/aromatic N) is 1. The van der Waals surface area contributed by atoms with Crippen molar-refractivity contribution in [1.29, 1.82) is 0 Å². The molecule has 0 spiro atoms. The highest BCUT2D eigenvalue weighted by Gasteiger charge is 2.37. The molecule has 0 aromatic heterocycles. The zero-order valence-corrected chi connectivity index (χ0v) is 11.1. The summed E-state index contributed by atoms with van der Waals surface area (Å²) in [5, 5.41) is 0. The van der Waals surface area contributed by atoms with E-state index in [0.29, 0.717) is 0 Å². The van der Waals surface area contributed by atoms with Crippen molar-refractivity contribution in [3.05, 3.63) is 29.8 Å². The average Bonchev–Trinajstić information content (AvgIpc) is 2.80. The van der Waals surface area contributed by atoms with Crippen molar-refractivity contribution in [3.63, 3.8) is 0 Å². The molecule has 1 heterocycles. The monoisotopic (exact) mass is 249 g/mol. The van der Waals surface area contributed by atoms with Crippen LogP contribution in [0, 0.1) is 5.92 Å². The van der Waals surface area contributed by atoms with Gasteiger partial charge < -0.3 is 14.4 Å². The first-order valence-electron chi connectivity index (χ1n) is 6.06. The van der Waals surface area contributed by atoms with E-state index in [1.807, 2.05) is 31.3 Å². The summed E-state index contributed by atoms with van der Waals surface area (Å²) in [7, 11) is 5.12. The van der Waals surface area contributed by atoms with E-state index in [1.54, 1.807) is 7.11 Å². The van der Waals surface area contributed by atoms with Crippen LogP contribution in [0.25, 0.3) is 0 Å². The van der Waals surface area contributed by atoms with Gasteiger partial charge in [0.2, 0.25) is 0 Å². The largest absolute Gasteiger partial charge is 0.497 e. The molecule has 1 aromatic rings. The van der Waals surface area contributed by atoms with E-state index < -0.39 is 0 Å². The Hall–Kier alpha value is -1.55. The molecule has 2 atom stereocenters. The van der Waals surface area contributed by atoms with Gasteiger partial charge in [-0.1, -0.05) is 12.1 Å². The Bertz CT molecular complexity index is 433. The van der Waals surface area contributed by atoms with Crippen molar-refractivity contribution in [1.82, 2.24) is 4.90 Å². The van der Waals surface area contributed by atoms with E-state index in [9.17, 15) is 4.79 Å². The number of ether oxygens (including phenoxy) is 2. The predicted octanol–water partition coefficient (Wildman–Crippen LogP) is 1.51. The van der Waals surface area contributed by atoms with Gasteiger partial charge in [0, 0.05) is 19.0 Å². The van der Waals surface area contributed by atoms with Crippen LogP contribution >= 0.6 is 0 Å². The minimum atomic E-state index is -0.132. The summed E-state index contributed by atoms with van der Waals surface area (Å²) < 4.78 is 10.1. The Kier molecular flexibility index (Phi) is 3.87. The molecule has 1 aliphatic heterocycles. The van der Waals surface area contributed by atoms with Crippen LogP contribution in [-0.2, 0) is 9.53 Å². The highest BCUT2D eigenvalue weighted by atomic mass is 16.5. The molecular formula is C14H19NO3. The molecule has 1 aromatic carbocycles. The van der Waals surface area contributed by atoms with E-state index in [-0.39, 0.29) is 17.8 Å². The van der Waals surface area contributed by atoms with Gasteiger partial charge in [-0.15, -0.1) is 0 Å². The zero-order chi connectivity index (χ0) is 13.1. The highest BCUT2D eigenvalue weighted by Crippen LogP contribution is 2.34. The SMILES string of the molecule is COC(=O)[C@H]1CN(C)C[C@H]1c1cccc(OC)c1. The van der Waals surface area contributed by atoms with Gasteiger partial charge >= 0.3 is 5.97 Å². The van der Waals surface area contributed by atoms with E-state index in [4.69, 9.17) is 9.47 Å². The first-order chi connectivity index (χ1) is 8.65. The quantitative estimate of drug-likeness (QED) is 0.761. The third kappa shape index (κ3) is 2.48. The van der Waals surface area contributed by atoms with E-state index >= 15 is 0 Å². The standard InChI is InChI=1S/C14H19NO3/c1-15-8-12(13(9-15)14(16)18-3)10-5-4-6-11(7-10)17-2/h4-7,12-13H,8-9H2,1-3H3/t12-,13-/m0/s1. The fraction of sp³-hybridized carbons (Fsp3) is 0.500. The number of methoxy groups -OCH3 is 2. The Morgan fingerprint density at radius 3 is 2.78 bits per heavy atom. The number of likely N-dealkylation sites (N-methyl/N-ethyl adjacent to an activating group) is 1. The van der Waals surface area contributed by atoms with Crippen molar-refractivity contribution in [2.45, 2.75) is 5.92 Å². The Labute approximate surface area is 107 Å². The lowest BCUT2D eigenvalue weighted by Gasteiger charge is -2.17. The second-order valence-corrected chi connectivity index (χ2v) is 4.73. The highest BCUT2D eigenvalue weighted by molar-refractivity contribution is 5.74. The first kappa shape index (κ1) is 12.9. The third-order valence-corrected chi connectivity index (χ3v) is 3.53. The lowest BCUT2D eigenvalue weighted by atomic mass is 9.89. The van der Waals surface area contributed by atoms with E-state index in [1.165, 1.54) is 7.11 Å².